The first-order chi connectivity index (χ1) is 12.5. The van der Waals surface area contributed by atoms with Crippen LogP contribution in [0.1, 0.15) is 24.2 Å². The lowest BCUT2D eigenvalue weighted by Crippen LogP contribution is -2.29. The third-order valence-corrected chi connectivity index (χ3v) is 5.18. The summed E-state index contributed by atoms with van der Waals surface area (Å²) in [5.74, 6) is 0.777. The second-order valence-electron chi connectivity index (χ2n) is 6.42. The summed E-state index contributed by atoms with van der Waals surface area (Å²) < 4.78 is 8.32. The first-order valence-corrected chi connectivity index (χ1v) is 9.24. The fourth-order valence-electron chi connectivity index (χ4n) is 2.89. The van der Waals surface area contributed by atoms with Crippen LogP contribution in [0.25, 0.3) is 26.4 Å². The topological polar surface area (TPSA) is 55.6 Å². The van der Waals surface area contributed by atoms with Crippen LogP contribution in [0, 0.1) is 0 Å². The highest BCUT2D eigenvalue weighted by Gasteiger charge is 2.13. The van der Waals surface area contributed by atoms with Crippen LogP contribution in [0.2, 0.25) is 0 Å². The van der Waals surface area contributed by atoms with Gasteiger partial charge in [-0.05, 0) is 56.3 Å². The third kappa shape index (κ3) is 2.93. The normalized spacial score (nSPS) is 11.4. The van der Waals surface area contributed by atoms with E-state index in [2.05, 4.69) is 9.72 Å². The zero-order chi connectivity index (χ0) is 18.3. The van der Waals surface area contributed by atoms with Crippen LogP contribution in [-0.4, -0.2) is 28.4 Å². The summed E-state index contributed by atoms with van der Waals surface area (Å²) in [5.41, 5.74) is 3.69. The highest BCUT2D eigenvalue weighted by atomic mass is 32.1. The van der Waals surface area contributed by atoms with Gasteiger partial charge in [0.1, 0.15) is 5.75 Å². The molecule has 0 aliphatic heterocycles. The average Bonchev–Trinajstić information content (AvgIpc) is 3.18. The molecule has 0 unspecified atom stereocenters. The number of hydrogen-bond acceptors (Lipinski definition) is 4. The summed E-state index contributed by atoms with van der Waals surface area (Å²) in [6.45, 7) is 3.91. The summed E-state index contributed by atoms with van der Waals surface area (Å²) in [6, 6.07) is 13.8. The SMILES string of the molecule is COc1ccc(-c2cn3c(n2)sc2cc(C(=O)NC(C)C)ccc23)cc1. The molecule has 132 valence electrons. The van der Waals surface area contributed by atoms with E-state index in [1.165, 1.54) is 0 Å². The Morgan fingerprint density at radius 2 is 1.96 bits per heavy atom. The predicted molar refractivity (Wildman–Crippen MR) is 105 cm³/mol. The van der Waals surface area contributed by atoms with Gasteiger partial charge in [0.15, 0.2) is 4.96 Å². The maximum absolute atomic E-state index is 12.2. The van der Waals surface area contributed by atoms with Gasteiger partial charge in [-0.2, -0.15) is 0 Å². The van der Waals surface area contributed by atoms with Crippen molar-refractivity contribution in [2.45, 2.75) is 19.9 Å². The fourth-order valence-corrected chi connectivity index (χ4v) is 3.94. The number of nitrogens with zero attached hydrogens (tertiary/aromatic N) is 2. The lowest BCUT2D eigenvalue weighted by molar-refractivity contribution is 0.0943. The second-order valence-corrected chi connectivity index (χ2v) is 7.43. The number of imidazole rings is 1. The zero-order valence-electron chi connectivity index (χ0n) is 14.8. The number of methoxy groups -OCH3 is 1. The number of ether oxygens (including phenoxy) is 1. The molecule has 0 saturated heterocycles. The Morgan fingerprint density at radius 1 is 1.19 bits per heavy atom. The molecule has 2 aromatic heterocycles. The van der Waals surface area contributed by atoms with E-state index in [-0.39, 0.29) is 11.9 Å². The van der Waals surface area contributed by atoms with Crippen molar-refractivity contribution in [3.05, 3.63) is 54.2 Å². The highest BCUT2D eigenvalue weighted by molar-refractivity contribution is 7.23. The maximum Gasteiger partial charge on any atom is 0.251 e. The van der Waals surface area contributed by atoms with Crippen LogP contribution in [0.5, 0.6) is 5.75 Å². The molecule has 0 saturated carbocycles. The Labute approximate surface area is 155 Å². The number of nitrogens with one attached hydrogen (secondary N) is 1. The Bertz CT molecular complexity index is 1090. The molecule has 4 aromatic rings. The van der Waals surface area contributed by atoms with Crippen LogP contribution < -0.4 is 10.1 Å². The van der Waals surface area contributed by atoms with Gasteiger partial charge in [-0.15, -0.1) is 0 Å². The van der Waals surface area contributed by atoms with E-state index >= 15 is 0 Å². The van der Waals surface area contributed by atoms with Crippen LogP contribution in [0.3, 0.4) is 0 Å². The molecule has 4 rings (SSSR count). The standard InChI is InChI=1S/C20H19N3O2S/c1-12(2)21-19(24)14-6-9-17-18(10-14)26-20-22-16(11-23(17)20)13-4-7-15(25-3)8-5-13/h4-12H,1-3H3,(H,21,24). The van der Waals surface area contributed by atoms with E-state index in [1.54, 1.807) is 18.4 Å². The molecule has 5 nitrogen and oxygen atoms in total. The first-order valence-electron chi connectivity index (χ1n) is 8.42. The molecule has 1 amide bonds. The van der Waals surface area contributed by atoms with E-state index < -0.39 is 0 Å². The van der Waals surface area contributed by atoms with Gasteiger partial charge in [0.05, 0.1) is 23.0 Å². The second kappa shape index (κ2) is 6.46. The number of thiazole rings is 1. The summed E-state index contributed by atoms with van der Waals surface area (Å²) >= 11 is 1.58. The Hall–Kier alpha value is -2.86. The summed E-state index contributed by atoms with van der Waals surface area (Å²) in [5, 5.41) is 2.92. The number of benzene rings is 2. The predicted octanol–water partition coefficient (Wildman–Crippen LogP) is 4.36. The quantitative estimate of drug-likeness (QED) is 0.584. The van der Waals surface area contributed by atoms with Crippen LogP contribution >= 0.6 is 11.3 Å². The van der Waals surface area contributed by atoms with E-state index in [1.807, 2.05) is 62.5 Å². The molecule has 0 spiro atoms. The molecule has 6 heteroatoms. The minimum atomic E-state index is -0.0492. The molecular weight excluding hydrogens is 346 g/mol. The van der Waals surface area contributed by atoms with E-state index in [0.29, 0.717) is 5.56 Å². The molecule has 0 aliphatic rings. The van der Waals surface area contributed by atoms with Crippen molar-refractivity contribution in [2.75, 3.05) is 7.11 Å². The number of rotatable bonds is 4. The van der Waals surface area contributed by atoms with Gasteiger partial charge >= 0.3 is 0 Å². The number of amides is 1. The molecule has 0 radical (unpaired) electrons. The molecule has 2 heterocycles. The number of aromatic nitrogens is 2. The van der Waals surface area contributed by atoms with Crippen LogP contribution in [-0.2, 0) is 0 Å². The largest absolute Gasteiger partial charge is 0.497 e. The highest BCUT2D eigenvalue weighted by Crippen LogP contribution is 2.30. The fraction of sp³-hybridized carbons (Fsp3) is 0.200. The molecule has 1 N–H and O–H groups in total. The van der Waals surface area contributed by atoms with Gasteiger partial charge in [0.25, 0.3) is 5.91 Å². The molecule has 0 bridgehead atoms. The number of carbonyl (C=O) groups excluding carboxylic acids is 1. The molecule has 0 atom stereocenters. The van der Waals surface area contributed by atoms with Crippen molar-refractivity contribution < 1.29 is 9.53 Å². The Balaban J connectivity index is 1.72. The first kappa shape index (κ1) is 16.6. The van der Waals surface area contributed by atoms with Crippen molar-refractivity contribution in [1.29, 1.82) is 0 Å². The Kier molecular flexibility index (Phi) is 4.12. The summed E-state index contributed by atoms with van der Waals surface area (Å²) in [7, 11) is 1.66. The van der Waals surface area contributed by atoms with Gasteiger partial charge in [0, 0.05) is 23.4 Å². The van der Waals surface area contributed by atoms with Gasteiger partial charge < -0.3 is 10.1 Å². The Morgan fingerprint density at radius 3 is 2.65 bits per heavy atom. The molecule has 2 aromatic carbocycles. The van der Waals surface area contributed by atoms with Gasteiger partial charge in [0.2, 0.25) is 0 Å². The maximum atomic E-state index is 12.2. The van der Waals surface area contributed by atoms with Crippen molar-refractivity contribution >= 4 is 32.4 Å². The molecule has 0 aliphatic carbocycles. The number of carbonyl (C=O) groups is 1. The lowest BCUT2D eigenvalue weighted by Gasteiger charge is -2.08. The van der Waals surface area contributed by atoms with Crippen LogP contribution in [0.4, 0.5) is 0 Å². The third-order valence-electron chi connectivity index (χ3n) is 4.16. The lowest BCUT2D eigenvalue weighted by atomic mass is 10.1. The molecule has 0 fully saturated rings. The number of fused-ring (bicyclic) bond motifs is 3. The zero-order valence-corrected chi connectivity index (χ0v) is 15.6. The smallest absolute Gasteiger partial charge is 0.251 e. The average molecular weight is 365 g/mol. The minimum Gasteiger partial charge on any atom is -0.497 e. The van der Waals surface area contributed by atoms with Crippen molar-refractivity contribution in [3.8, 4) is 17.0 Å². The van der Waals surface area contributed by atoms with Gasteiger partial charge in [-0.1, -0.05) is 11.3 Å². The van der Waals surface area contributed by atoms with Gasteiger partial charge in [-0.3, -0.25) is 9.20 Å². The van der Waals surface area contributed by atoms with Crippen LogP contribution in [0.15, 0.2) is 48.7 Å². The van der Waals surface area contributed by atoms with Gasteiger partial charge in [-0.25, -0.2) is 4.98 Å². The van der Waals surface area contributed by atoms with Crippen molar-refractivity contribution in [3.63, 3.8) is 0 Å². The van der Waals surface area contributed by atoms with Crippen molar-refractivity contribution in [1.82, 2.24) is 14.7 Å². The summed E-state index contributed by atoms with van der Waals surface area (Å²) in [4.78, 5) is 17.9. The number of hydrogen-bond donors (Lipinski definition) is 1. The van der Waals surface area contributed by atoms with E-state index in [9.17, 15) is 4.79 Å². The molecular formula is C20H19N3O2S. The minimum absolute atomic E-state index is 0.0492. The van der Waals surface area contributed by atoms with Crippen molar-refractivity contribution in [2.24, 2.45) is 0 Å². The summed E-state index contributed by atoms with van der Waals surface area (Å²) in [6.07, 6.45) is 2.03. The van der Waals surface area contributed by atoms with E-state index in [4.69, 9.17) is 9.72 Å². The monoisotopic (exact) mass is 365 g/mol. The van der Waals surface area contributed by atoms with E-state index in [0.717, 1.165) is 32.2 Å². The molecule has 26 heavy (non-hydrogen) atoms.